The number of hydrogen-bond donors (Lipinski definition) is 3. The van der Waals surface area contributed by atoms with Crippen LogP contribution in [0.3, 0.4) is 0 Å². The number of anilines is 1. The SMILES string of the molecule is C=Nc1cc(OC)c(C(N)=O)cc1/C(=C\C)Oc1ccc(NC(=S)NC2CC2)c(Cl)c1F. The number of hydrogen-bond acceptors (Lipinski definition) is 5. The van der Waals surface area contributed by atoms with Crippen LogP contribution in [-0.4, -0.2) is 30.9 Å². The van der Waals surface area contributed by atoms with Crippen molar-refractivity contribution in [1.29, 1.82) is 0 Å². The summed E-state index contributed by atoms with van der Waals surface area (Å²) < 4.78 is 26.0. The summed E-state index contributed by atoms with van der Waals surface area (Å²) in [7, 11) is 1.40. The Labute approximate surface area is 195 Å². The van der Waals surface area contributed by atoms with E-state index >= 15 is 0 Å². The number of thiocarbonyl (C=S) groups is 1. The number of amides is 1. The van der Waals surface area contributed by atoms with Gasteiger partial charge in [-0.25, -0.2) is 4.39 Å². The van der Waals surface area contributed by atoms with Crippen LogP contribution in [0.1, 0.15) is 35.7 Å². The van der Waals surface area contributed by atoms with E-state index in [1.54, 1.807) is 19.1 Å². The molecule has 0 bridgehead atoms. The third kappa shape index (κ3) is 5.17. The van der Waals surface area contributed by atoms with Gasteiger partial charge in [0.05, 0.1) is 24.0 Å². The Hall–Kier alpha value is -3.17. The van der Waals surface area contributed by atoms with Crippen LogP contribution in [-0.2, 0) is 0 Å². The second-order valence-electron chi connectivity index (χ2n) is 6.96. The number of carbonyl (C=O) groups is 1. The Balaban J connectivity index is 1.91. The molecule has 2 aromatic rings. The van der Waals surface area contributed by atoms with Crippen LogP contribution in [0.25, 0.3) is 5.76 Å². The number of nitrogens with one attached hydrogen (secondary N) is 2. The third-order valence-corrected chi connectivity index (χ3v) is 5.30. The Bertz CT molecular complexity index is 1120. The maximum Gasteiger partial charge on any atom is 0.252 e. The van der Waals surface area contributed by atoms with Gasteiger partial charge in [-0.2, -0.15) is 0 Å². The normalized spacial score (nSPS) is 13.3. The molecule has 0 heterocycles. The van der Waals surface area contributed by atoms with Gasteiger partial charge >= 0.3 is 0 Å². The minimum absolute atomic E-state index is 0.118. The van der Waals surface area contributed by atoms with Crippen molar-refractivity contribution in [3.63, 3.8) is 0 Å². The minimum Gasteiger partial charge on any atom is -0.496 e. The predicted octanol–water partition coefficient (Wildman–Crippen LogP) is 4.81. The van der Waals surface area contributed by atoms with Crippen LogP contribution in [0.15, 0.2) is 35.3 Å². The zero-order valence-electron chi connectivity index (χ0n) is 17.5. The molecule has 10 heteroatoms. The Morgan fingerprint density at radius 2 is 2.06 bits per heavy atom. The van der Waals surface area contributed by atoms with Crippen LogP contribution in [0, 0.1) is 5.82 Å². The molecule has 4 N–H and O–H groups in total. The molecule has 2 aromatic carbocycles. The van der Waals surface area contributed by atoms with Gasteiger partial charge in [-0.15, -0.1) is 0 Å². The minimum atomic E-state index is -0.776. The lowest BCUT2D eigenvalue weighted by Crippen LogP contribution is -2.30. The van der Waals surface area contributed by atoms with Crippen molar-refractivity contribution in [2.45, 2.75) is 25.8 Å². The Morgan fingerprint density at radius 1 is 1.34 bits per heavy atom. The van der Waals surface area contributed by atoms with E-state index in [1.165, 1.54) is 25.3 Å². The number of rotatable bonds is 8. The van der Waals surface area contributed by atoms with Gasteiger partial charge in [0.15, 0.2) is 16.7 Å². The second-order valence-corrected chi connectivity index (χ2v) is 7.75. The van der Waals surface area contributed by atoms with Gasteiger partial charge in [-0.3, -0.25) is 9.79 Å². The summed E-state index contributed by atoms with van der Waals surface area (Å²) in [5, 5.41) is 6.18. The summed E-state index contributed by atoms with van der Waals surface area (Å²) in [5.74, 6) is -1.14. The van der Waals surface area contributed by atoms with E-state index in [0.29, 0.717) is 28.1 Å². The van der Waals surface area contributed by atoms with Crippen LogP contribution in [0.4, 0.5) is 15.8 Å². The van der Waals surface area contributed by atoms with Gasteiger partial charge in [0, 0.05) is 17.7 Å². The number of halogens is 2. The number of nitrogens with two attached hydrogens (primary N) is 1. The first-order valence-electron chi connectivity index (χ1n) is 9.67. The molecule has 0 aliphatic heterocycles. The highest BCUT2D eigenvalue weighted by atomic mass is 35.5. The Kier molecular flexibility index (Phi) is 7.32. The highest BCUT2D eigenvalue weighted by molar-refractivity contribution is 7.80. The van der Waals surface area contributed by atoms with Crippen LogP contribution >= 0.6 is 23.8 Å². The van der Waals surface area contributed by atoms with E-state index in [2.05, 4.69) is 22.3 Å². The zero-order chi connectivity index (χ0) is 23.4. The van der Waals surface area contributed by atoms with Crippen molar-refractivity contribution < 1.29 is 18.7 Å². The number of primary amides is 1. The average Bonchev–Trinajstić information content (AvgIpc) is 3.59. The molecule has 1 saturated carbocycles. The standard InChI is InChI=1S/C22H22ClFN4O3S/c1-4-16(12-9-13(21(25)29)18(30-3)10-15(12)26-2)31-17-8-7-14(19(23)20(17)24)28-22(32)27-11-5-6-11/h4,7-11H,2,5-6H2,1,3H3,(H2,25,29)(H2,27,28,32)/b16-4+. The van der Waals surface area contributed by atoms with Gasteiger partial charge in [-0.05, 0) is 63.0 Å². The fourth-order valence-electron chi connectivity index (χ4n) is 2.93. The van der Waals surface area contributed by atoms with Gasteiger partial charge in [0.25, 0.3) is 5.91 Å². The molecule has 7 nitrogen and oxygen atoms in total. The number of nitrogens with zero attached hydrogens (tertiary/aromatic N) is 1. The van der Waals surface area contributed by atoms with E-state index in [0.717, 1.165) is 12.8 Å². The number of methoxy groups -OCH3 is 1. The molecule has 32 heavy (non-hydrogen) atoms. The first-order chi connectivity index (χ1) is 15.3. The van der Waals surface area contributed by atoms with Crippen molar-refractivity contribution in [3.05, 3.63) is 52.3 Å². The smallest absolute Gasteiger partial charge is 0.252 e. The van der Waals surface area contributed by atoms with Crippen molar-refractivity contribution >= 4 is 58.7 Å². The first-order valence-corrected chi connectivity index (χ1v) is 10.5. The lowest BCUT2D eigenvalue weighted by molar-refractivity contribution is 0.0997. The maximum absolute atomic E-state index is 15.0. The fraction of sp³-hybridized carbons (Fsp3) is 0.227. The van der Waals surface area contributed by atoms with Crippen LogP contribution in [0.5, 0.6) is 11.5 Å². The number of aliphatic imine (C=N–C) groups is 1. The van der Waals surface area contributed by atoms with Crippen molar-refractivity contribution in [2.75, 3.05) is 12.4 Å². The molecule has 0 spiro atoms. The average molecular weight is 477 g/mol. The van der Waals surface area contributed by atoms with Crippen molar-refractivity contribution in [3.8, 4) is 11.5 Å². The molecule has 168 valence electrons. The number of carbonyl (C=O) groups excluding carboxylic acids is 1. The van der Waals surface area contributed by atoms with Gasteiger partial charge in [0.1, 0.15) is 16.5 Å². The van der Waals surface area contributed by atoms with Gasteiger partial charge in [-0.1, -0.05) is 11.6 Å². The molecular formula is C22H22ClFN4O3S. The largest absolute Gasteiger partial charge is 0.496 e. The van der Waals surface area contributed by atoms with E-state index < -0.39 is 11.7 Å². The van der Waals surface area contributed by atoms with Gasteiger partial charge < -0.3 is 25.8 Å². The van der Waals surface area contributed by atoms with E-state index in [1.807, 2.05) is 0 Å². The van der Waals surface area contributed by atoms with E-state index in [-0.39, 0.29) is 27.8 Å². The predicted molar refractivity (Wildman–Crippen MR) is 129 cm³/mol. The quantitative estimate of drug-likeness (QED) is 0.287. The molecular weight excluding hydrogens is 455 g/mol. The van der Waals surface area contributed by atoms with Crippen LogP contribution < -0.4 is 25.8 Å². The molecule has 1 aliphatic rings. The summed E-state index contributed by atoms with van der Waals surface area (Å²) >= 11 is 11.4. The number of ether oxygens (including phenoxy) is 2. The van der Waals surface area contributed by atoms with E-state index in [4.69, 9.17) is 39.0 Å². The lowest BCUT2D eigenvalue weighted by Gasteiger charge is -2.17. The van der Waals surface area contributed by atoms with Crippen molar-refractivity contribution in [2.24, 2.45) is 10.7 Å². The third-order valence-electron chi connectivity index (χ3n) is 4.71. The van der Waals surface area contributed by atoms with Crippen molar-refractivity contribution in [1.82, 2.24) is 5.32 Å². The summed E-state index contributed by atoms with van der Waals surface area (Å²) in [5.41, 5.74) is 6.62. The maximum atomic E-state index is 15.0. The number of benzene rings is 2. The topological polar surface area (TPSA) is 98.0 Å². The molecule has 0 aromatic heterocycles. The molecule has 0 unspecified atom stereocenters. The van der Waals surface area contributed by atoms with Crippen LogP contribution in [0.2, 0.25) is 5.02 Å². The Morgan fingerprint density at radius 3 is 2.62 bits per heavy atom. The van der Waals surface area contributed by atoms with E-state index in [9.17, 15) is 9.18 Å². The highest BCUT2D eigenvalue weighted by Gasteiger charge is 2.23. The highest BCUT2D eigenvalue weighted by Crippen LogP contribution is 2.37. The summed E-state index contributed by atoms with van der Waals surface area (Å²) in [6.45, 7) is 5.22. The zero-order valence-corrected chi connectivity index (χ0v) is 19.1. The molecule has 1 amide bonds. The summed E-state index contributed by atoms with van der Waals surface area (Å²) in [4.78, 5) is 15.8. The summed E-state index contributed by atoms with van der Waals surface area (Å²) in [6, 6.07) is 6.29. The molecule has 0 radical (unpaired) electrons. The number of allylic oxidation sites excluding steroid dienone is 1. The first kappa shape index (κ1) is 23.5. The lowest BCUT2D eigenvalue weighted by atomic mass is 10.0. The molecule has 1 aliphatic carbocycles. The molecule has 3 rings (SSSR count). The second kappa shape index (κ2) is 9.97. The molecule has 0 atom stereocenters. The molecule has 1 fully saturated rings. The fourth-order valence-corrected chi connectivity index (χ4v) is 3.41. The molecule has 0 saturated heterocycles. The summed E-state index contributed by atoms with van der Waals surface area (Å²) in [6.07, 6.45) is 3.69. The van der Waals surface area contributed by atoms with Gasteiger partial charge in [0.2, 0.25) is 0 Å². The monoisotopic (exact) mass is 476 g/mol.